The second-order valence-corrected chi connectivity index (χ2v) is 7.21. The fourth-order valence-electron chi connectivity index (χ4n) is 3.88. The van der Waals surface area contributed by atoms with Crippen molar-refractivity contribution < 1.29 is 14.3 Å². The quantitative estimate of drug-likeness (QED) is 0.574. The second kappa shape index (κ2) is 8.18. The molecule has 6 heteroatoms. The number of carbonyl (C=O) groups excluding carboxylic acids is 2. The number of hydrogen-bond donors (Lipinski definition) is 0. The van der Waals surface area contributed by atoms with E-state index in [2.05, 4.69) is 16.0 Å². The Bertz CT molecular complexity index is 681. The van der Waals surface area contributed by atoms with Gasteiger partial charge >= 0.3 is 0 Å². The van der Waals surface area contributed by atoms with E-state index in [0.717, 1.165) is 49.4 Å². The van der Waals surface area contributed by atoms with Crippen molar-refractivity contribution >= 4 is 11.7 Å². The zero-order chi connectivity index (χ0) is 18.7. The number of Topliss-reactive ketones (excluding diaryl/α,β-unsaturated/α-hetero) is 1. The minimum Gasteiger partial charge on any atom is -0.368 e. The van der Waals surface area contributed by atoms with E-state index in [1.807, 2.05) is 30.9 Å². The zero-order valence-electron chi connectivity index (χ0n) is 15.9. The molecule has 3 rings (SSSR count). The topological polar surface area (TPSA) is 54.8 Å². The third kappa shape index (κ3) is 3.91. The van der Waals surface area contributed by atoms with Crippen LogP contribution in [0.3, 0.4) is 0 Å². The maximum absolute atomic E-state index is 12.7. The fourth-order valence-corrected chi connectivity index (χ4v) is 3.88. The highest BCUT2D eigenvalue weighted by Crippen LogP contribution is 2.18. The van der Waals surface area contributed by atoms with Crippen molar-refractivity contribution in [3.8, 4) is 0 Å². The van der Waals surface area contributed by atoms with Crippen LogP contribution in [-0.4, -0.2) is 71.5 Å². The molecule has 6 nitrogen and oxygen atoms in total. The van der Waals surface area contributed by atoms with Gasteiger partial charge in [0.2, 0.25) is 0 Å². The number of ketones is 1. The molecule has 0 radical (unpaired) electrons. The highest BCUT2D eigenvalue weighted by molar-refractivity contribution is 5.99. The van der Waals surface area contributed by atoms with E-state index >= 15 is 0 Å². The Morgan fingerprint density at radius 3 is 2.62 bits per heavy atom. The Morgan fingerprint density at radius 1 is 1.27 bits per heavy atom. The molecular formula is C20H29N3O3. The van der Waals surface area contributed by atoms with Crippen molar-refractivity contribution in [2.75, 3.05) is 39.3 Å². The summed E-state index contributed by atoms with van der Waals surface area (Å²) in [5.74, 6) is 0.258. The van der Waals surface area contributed by atoms with Gasteiger partial charge in [0.25, 0.3) is 5.91 Å². The average Bonchev–Trinajstić information content (AvgIpc) is 3.26. The Kier molecular flexibility index (Phi) is 5.94. The van der Waals surface area contributed by atoms with Gasteiger partial charge in [-0.15, -0.1) is 6.58 Å². The van der Waals surface area contributed by atoms with Gasteiger partial charge in [0.1, 0.15) is 6.10 Å². The predicted molar refractivity (Wildman–Crippen MR) is 100 cm³/mol. The summed E-state index contributed by atoms with van der Waals surface area (Å²) in [6.07, 6.45) is 3.39. The molecule has 2 fully saturated rings. The molecule has 0 N–H and O–H groups in total. The maximum Gasteiger partial charge on any atom is 0.251 e. The lowest BCUT2D eigenvalue weighted by Crippen LogP contribution is -2.52. The summed E-state index contributed by atoms with van der Waals surface area (Å²) in [6.45, 7) is 12.4. The number of amides is 1. The van der Waals surface area contributed by atoms with Crippen molar-refractivity contribution in [3.05, 3.63) is 35.7 Å². The molecule has 0 spiro atoms. The first kappa shape index (κ1) is 18.9. The van der Waals surface area contributed by atoms with Crippen LogP contribution in [0.25, 0.3) is 0 Å². The van der Waals surface area contributed by atoms with Crippen LogP contribution < -0.4 is 0 Å². The summed E-state index contributed by atoms with van der Waals surface area (Å²) >= 11 is 0. The highest BCUT2D eigenvalue weighted by atomic mass is 16.5. The van der Waals surface area contributed by atoms with Gasteiger partial charge in [-0.05, 0) is 32.8 Å². The highest BCUT2D eigenvalue weighted by Gasteiger charge is 2.30. The monoisotopic (exact) mass is 359 g/mol. The molecule has 1 amide bonds. The molecular weight excluding hydrogens is 330 g/mol. The van der Waals surface area contributed by atoms with Gasteiger partial charge in [0.15, 0.2) is 5.78 Å². The standard InChI is InChI=1S/C20H29N3O3/c1-4-7-23-15(2)13-17(16(23)3)18(24)14-21-8-10-22(11-9-21)20(25)19-6-5-12-26-19/h4,13,19H,1,5-12,14H2,2-3H3. The summed E-state index contributed by atoms with van der Waals surface area (Å²) in [7, 11) is 0. The molecule has 0 bridgehead atoms. The number of nitrogens with zero attached hydrogens (tertiary/aromatic N) is 3. The SMILES string of the molecule is C=CCn1c(C)cc(C(=O)CN2CCN(C(=O)C3CCCO3)CC2)c1C. The molecule has 1 aromatic rings. The number of hydrogen-bond acceptors (Lipinski definition) is 4. The second-order valence-electron chi connectivity index (χ2n) is 7.21. The van der Waals surface area contributed by atoms with Crippen molar-refractivity contribution in [3.63, 3.8) is 0 Å². The molecule has 142 valence electrons. The lowest BCUT2D eigenvalue weighted by Gasteiger charge is -2.35. The van der Waals surface area contributed by atoms with Gasteiger partial charge in [-0.3, -0.25) is 14.5 Å². The third-order valence-electron chi connectivity index (χ3n) is 5.44. The van der Waals surface area contributed by atoms with E-state index in [-0.39, 0.29) is 17.8 Å². The minimum absolute atomic E-state index is 0.112. The predicted octanol–water partition coefficient (Wildman–Crippen LogP) is 1.80. The number of allylic oxidation sites excluding steroid dienone is 1. The number of aromatic nitrogens is 1. The number of rotatable bonds is 6. The van der Waals surface area contributed by atoms with Gasteiger partial charge in [-0.1, -0.05) is 6.08 Å². The van der Waals surface area contributed by atoms with E-state index in [1.54, 1.807) is 0 Å². The van der Waals surface area contributed by atoms with Crippen LogP contribution in [0.5, 0.6) is 0 Å². The van der Waals surface area contributed by atoms with Gasteiger partial charge in [0.05, 0.1) is 6.54 Å². The summed E-state index contributed by atoms with van der Waals surface area (Å²) in [5, 5.41) is 0. The van der Waals surface area contributed by atoms with Gasteiger partial charge in [-0.25, -0.2) is 0 Å². The first-order chi connectivity index (χ1) is 12.5. The van der Waals surface area contributed by atoms with E-state index in [4.69, 9.17) is 4.74 Å². The number of piperazine rings is 1. The van der Waals surface area contributed by atoms with E-state index in [9.17, 15) is 9.59 Å². The summed E-state index contributed by atoms with van der Waals surface area (Å²) in [4.78, 5) is 29.2. The molecule has 1 unspecified atom stereocenters. The average molecular weight is 359 g/mol. The molecule has 0 aliphatic carbocycles. The molecule has 26 heavy (non-hydrogen) atoms. The summed E-state index contributed by atoms with van der Waals surface area (Å²) < 4.78 is 7.61. The largest absolute Gasteiger partial charge is 0.368 e. The van der Waals surface area contributed by atoms with Gasteiger partial charge in [0, 0.05) is 56.3 Å². The van der Waals surface area contributed by atoms with Gasteiger partial charge in [-0.2, -0.15) is 0 Å². The molecule has 2 aliphatic rings. The number of aryl methyl sites for hydroxylation is 1. The lowest BCUT2D eigenvalue weighted by molar-refractivity contribution is -0.142. The van der Waals surface area contributed by atoms with Crippen molar-refractivity contribution in [1.82, 2.24) is 14.4 Å². The van der Waals surface area contributed by atoms with Crippen LogP contribution in [0.4, 0.5) is 0 Å². The van der Waals surface area contributed by atoms with E-state index < -0.39 is 0 Å². The first-order valence-electron chi connectivity index (χ1n) is 9.45. The van der Waals surface area contributed by atoms with E-state index in [1.165, 1.54) is 0 Å². The molecule has 3 heterocycles. The van der Waals surface area contributed by atoms with Crippen molar-refractivity contribution in [1.29, 1.82) is 0 Å². The number of carbonyl (C=O) groups is 2. The first-order valence-corrected chi connectivity index (χ1v) is 9.45. The molecule has 1 aromatic heterocycles. The summed E-state index contributed by atoms with van der Waals surface area (Å²) in [5.41, 5.74) is 2.87. The number of ether oxygens (including phenoxy) is 1. The van der Waals surface area contributed by atoms with E-state index in [0.29, 0.717) is 26.2 Å². The third-order valence-corrected chi connectivity index (χ3v) is 5.44. The molecule has 2 aliphatic heterocycles. The molecule has 1 atom stereocenters. The zero-order valence-corrected chi connectivity index (χ0v) is 15.9. The molecule has 0 aromatic carbocycles. The smallest absolute Gasteiger partial charge is 0.251 e. The normalized spacial score (nSPS) is 21.2. The lowest BCUT2D eigenvalue weighted by atomic mass is 10.1. The Morgan fingerprint density at radius 2 is 2.00 bits per heavy atom. The summed E-state index contributed by atoms with van der Waals surface area (Å²) in [6, 6.07) is 1.97. The Labute approximate surface area is 155 Å². The van der Waals surface area contributed by atoms with Crippen LogP contribution in [0, 0.1) is 13.8 Å². The molecule has 0 saturated carbocycles. The molecule has 2 saturated heterocycles. The van der Waals surface area contributed by atoms with Crippen LogP contribution in [-0.2, 0) is 16.1 Å². The Balaban J connectivity index is 1.54. The van der Waals surface area contributed by atoms with Crippen LogP contribution in [0.2, 0.25) is 0 Å². The van der Waals surface area contributed by atoms with Crippen LogP contribution in [0.15, 0.2) is 18.7 Å². The van der Waals surface area contributed by atoms with Crippen molar-refractivity contribution in [2.24, 2.45) is 0 Å². The fraction of sp³-hybridized carbons (Fsp3) is 0.600. The maximum atomic E-state index is 12.7. The minimum atomic E-state index is -0.251. The van der Waals surface area contributed by atoms with Crippen LogP contribution >= 0.6 is 0 Å². The van der Waals surface area contributed by atoms with Crippen molar-refractivity contribution in [2.45, 2.75) is 39.3 Å². The van der Waals surface area contributed by atoms with Gasteiger partial charge < -0.3 is 14.2 Å². The Hall–Kier alpha value is -1.92. The van der Waals surface area contributed by atoms with Crippen LogP contribution in [0.1, 0.15) is 34.6 Å².